The van der Waals surface area contributed by atoms with E-state index in [0.29, 0.717) is 17.8 Å². The number of phenols is 1. The lowest BCUT2D eigenvalue weighted by molar-refractivity contribution is 0.0901. The van der Waals surface area contributed by atoms with Gasteiger partial charge in [-0.2, -0.15) is 0 Å². The van der Waals surface area contributed by atoms with Crippen molar-refractivity contribution in [3.63, 3.8) is 0 Å². The molecule has 2 aliphatic rings. The summed E-state index contributed by atoms with van der Waals surface area (Å²) in [4.78, 5) is 2.35. The van der Waals surface area contributed by atoms with E-state index in [0.717, 1.165) is 48.6 Å². The van der Waals surface area contributed by atoms with Gasteiger partial charge in [-0.15, -0.1) is 10.2 Å². The van der Waals surface area contributed by atoms with E-state index in [1.807, 2.05) is 32.0 Å². The van der Waals surface area contributed by atoms with Crippen molar-refractivity contribution in [3.8, 4) is 17.0 Å². The number of hydrogen-bond donors (Lipinski definition) is 1. The van der Waals surface area contributed by atoms with Crippen molar-refractivity contribution in [2.45, 2.75) is 38.8 Å². The number of nitrogens with zero attached hydrogens (tertiary/aromatic N) is 3. The summed E-state index contributed by atoms with van der Waals surface area (Å²) in [6.45, 7) is 5.51. The first-order chi connectivity index (χ1) is 11.1. The number of aromatic hydroxyl groups is 1. The van der Waals surface area contributed by atoms with Crippen LogP contribution in [0.1, 0.15) is 24.0 Å². The van der Waals surface area contributed by atoms with Gasteiger partial charge in [0, 0.05) is 5.56 Å². The Morgan fingerprint density at radius 1 is 1.09 bits per heavy atom. The number of phenolic OH excluding ortho intramolecular Hbond substituents is 1. The first kappa shape index (κ1) is 14.5. The summed E-state index contributed by atoms with van der Waals surface area (Å²) in [5.41, 5.74) is 3.53. The molecule has 0 spiro atoms. The molecule has 2 aliphatic heterocycles. The third-order valence-corrected chi connectivity index (χ3v) is 4.87. The molecule has 4 rings (SSSR count). The molecule has 1 N–H and O–H groups in total. The van der Waals surface area contributed by atoms with Crippen molar-refractivity contribution in [2.24, 2.45) is 0 Å². The molecule has 2 fully saturated rings. The highest BCUT2D eigenvalue weighted by molar-refractivity contribution is 5.71. The Morgan fingerprint density at radius 3 is 2.43 bits per heavy atom. The molecule has 0 aliphatic carbocycles. The molecule has 23 heavy (non-hydrogen) atoms. The van der Waals surface area contributed by atoms with Gasteiger partial charge in [-0.05, 0) is 56.0 Å². The third-order valence-electron chi connectivity index (χ3n) is 4.87. The summed E-state index contributed by atoms with van der Waals surface area (Å²) in [5.74, 6) is 1.17. The zero-order valence-electron chi connectivity index (χ0n) is 13.5. The van der Waals surface area contributed by atoms with E-state index in [1.165, 1.54) is 0 Å². The number of aromatic nitrogens is 2. The summed E-state index contributed by atoms with van der Waals surface area (Å²) >= 11 is 0. The largest absolute Gasteiger partial charge is 0.507 e. The Morgan fingerprint density at radius 2 is 1.83 bits per heavy atom. The van der Waals surface area contributed by atoms with Crippen molar-refractivity contribution in [3.05, 3.63) is 35.4 Å². The van der Waals surface area contributed by atoms with Crippen LogP contribution >= 0.6 is 0 Å². The van der Waals surface area contributed by atoms with Crippen molar-refractivity contribution in [2.75, 3.05) is 18.1 Å². The Labute approximate surface area is 135 Å². The molecule has 1 aromatic heterocycles. The molecule has 2 aromatic rings. The Balaban J connectivity index is 1.67. The molecule has 120 valence electrons. The zero-order chi connectivity index (χ0) is 16.0. The van der Waals surface area contributed by atoms with Gasteiger partial charge in [0.15, 0.2) is 5.82 Å². The van der Waals surface area contributed by atoms with Gasteiger partial charge in [-0.3, -0.25) is 0 Å². The van der Waals surface area contributed by atoms with Crippen LogP contribution in [0.15, 0.2) is 24.3 Å². The van der Waals surface area contributed by atoms with Crippen molar-refractivity contribution < 1.29 is 9.84 Å². The molecule has 1 aromatic carbocycles. The van der Waals surface area contributed by atoms with Gasteiger partial charge in [0.25, 0.3) is 0 Å². The van der Waals surface area contributed by atoms with E-state index >= 15 is 0 Å². The van der Waals surface area contributed by atoms with Crippen LogP contribution in [0.4, 0.5) is 5.82 Å². The second kappa shape index (κ2) is 5.49. The van der Waals surface area contributed by atoms with Crippen LogP contribution in [0, 0.1) is 13.8 Å². The molecule has 0 saturated carbocycles. The molecule has 0 amide bonds. The Bertz CT molecular complexity index is 691. The number of morpholine rings is 1. The van der Waals surface area contributed by atoms with E-state index < -0.39 is 0 Å². The van der Waals surface area contributed by atoms with E-state index in [1.54, 1.807) is 6.07 Å². The lowest BCUT2D eigenvalue weighted by Gasteiger charge is -2.35. The third kappa shape index (κ3) is 2.45. The molecule has 2 atom stereocenters. The summed E-state index contributed by atoms with van der Waals surface area (Å²) in [6, 6.07) is 8.62. The molecule has 3 heterocycles. The van der Waals surface area contributed by atoms with Crippen LogP contribution in [0.5, 0.6) is 5.75 Å². The fourth-order valence-corrected chi connectivity index (χ4v) is 3.88. The number of ether oxygens (including phenoxy) is 1. The molecular weight excluding hydrogens is 290 g/mol. The quantitative estimate of drug-likeness (QED) is 0.924. The smallest absolute Gasteiger partial charge is 0.151 e. The van der Waals surface area contributed by atoms with Gasteiger partial charge in [0.2, 0.25) is 0 Å². The molecule has 2 saturated heterocycles. The average molecular weight is 311 g/mol. The van der Waals surface area contributed by atoms with Gasteiger partial charge in [-0.25, -0.2) is 0 Å². The number of rotatable bonds is 2. The molecule has 0 radical (unpaired) electrons. The van der Waals surface area contributed by atoms with Gasteiger partial charge in [-0.1, -0.05) is 6.07 Å². The highest BCUT2D eigenvalue weighted by Gasteiger charge is 2.38. The normalized spacial score (nSPS) is 23.3. The lowest BCUT2D eigenvalue weighted by atomic mass is 10.0. The highest BCUT2D eigenvalue weighted by Crippen LogP contribution is 2.35. The first-order valence-corrected chi connectivity index (χ1v) is 8.14. The Hall–Kier alpha value is -2.14. The minimum absolute atomic E-state index is 0.260. The monoisotopic (exact) mass is 311 g/mol. The second-order valence-corrected chi connectivity index (χ2v) is 6.58. The van der Waals surface area contributed by atoms with Crippen molar-refractivity contribution in [1.29, 1.82) is 0 Å². The SMILES string of the molecule is Cc1cc(C)c(-c2ccc(N3C4CCC3COC4)nn2)c(O)c1. The molecule has 5 heteroatoms. The summed E-state index contributed by atoms with van der Waals surface area (Å²) < 4.78 is 5.62. The van der Waals surface area contributed by atoms with Crippen LogP contribution in [0.2, 0.25) is 0 Å². The number of fused-ring (bicyclic) bond motifs is 2. The second-order valence-electron chi connectivity index (χ2n) is 6.58. The lowest BCUT2D eigenvalue weighted by Crippen LogP contribution is -2.46. The van der Waals surface area contributed by atoms with Crippen LogP contribution in [0.3, 0.4) is 0 Å². The summed E-state index contributed by atoms with van der Waals surface area (Å²) in [7, 11) is 0. The van der Waals surface area contributed by atoms with E-state index in [2.05, 4.69) is 15.1 Å². The fourth-order valence-electron chi connectivity index (χ4n) is 3.88. The zero-order valence-corrected chi connectivity index (χ0v) is 13.5. The Kier molecular flexibility index (Phi) is 3.45. The highest BCUT2D eigenvalue weighted by atomic mass is 16.5. The maximum absolute atomic E-state index is 10.2. The van der Waals surface area contributed by atoms with Crippen LogP contribution in [-0.4, -0.2) is 40.6 Å². The summed E-state index contributed by atoms with van der Waals surface area (Å²) in [5, 5.41) is 19.1. The maximum atomic E-state index is 10.2. The molecule has 2 unspecified atom stereocenters. The van der Waals surface area contributed by atoms with Crippen molar-refractivity contribution >= 4 is 5.82 Å². The minimum Gasteiger partial charge on any atom is -0.507 e. The topological polar surface area (TPSA) is 58.5 Å². The van der Waals surface area contributed by atoms with Gasteiger partial charge < -0.3 is 14.7 Å². The van der Waals surface area contributed by atoms with Crippen LogP contribution in [-0.2, 0) is 4.74 Å². The van der Waals surface area contributed by atoms with Gasteiger partial charge in [0.05, 0.1) is 31.0 Å². The van der Waals surface area contributed by atoms with E-state index in [9.17, 15) is 5.11 Å². The predicted molar refractivity (Wildman–Crippen MR) is 88.7 cm³/mol. The standard InChI is InChI=1S/C18H21N3O2/c1-11-7-12(2)18(16(22)8-11)15-5-6-17(20-19-15)21-13-3-4-14(21)10-23-9-13/h5-8,13-14,22H,3-4,9-10H2,1-2H3. The predicted octanol–water partition coefficient (Wildman–Crippen LogP) is 2.83. The molecular formula is C18H21N3O2. The minimum atomic E-state index is 0.260. The van der Waals surface area contributed by atoms with Gasteiger partial charge in [0.1, 0.15) is 5.75 Å². The van der Waals surface area contributed by atoms with Crippen LogP contribution < -0.4 is 4.90 Å². The molecule has 5 nitrogen and oxygen atoms in total. The maximum Gasteiger partial charge on any atom is 0.151 e. The van der Waals surface area contributed by atoms with Gasteiger partial charge >= 0.3 is 0 Å². The molecule has 2 bridgehead atoms. The number of hydrogen-bond acceptors (Lipinski definition) is 5. The average Bonchev–Trinajstić information content (AvgIpc) is 2.76. The van der Waals surface area contributed by atoms with E-state index in [-0.39, 0.29) is 5.75 Å². The fraction of sp³-hybridized carbons (Fsp3) is 0.444. The summed E-state index contributed by atoms with van der Waals surface area (Å²) in [6.07, 6.45) is 2.32. The van der Waals surface area contributed by atoms with E-state index in [4.69, 9.17) is 4.74 Å². The number of anilines is 1. The number of aryl methyl sites for hydroxylation is 2. The van der Waals surface area contributed by atoms with Crippen molar-refractivity contribution in [1.82, 2.24) is 10.2 Å². The number of benzene rings is 1. The van der Waals surface area contributed by atoms with Crippen LogP contribution in [0.25, 0.3) is 11.3 Å². The first-order valence-electron chi connectivity index (χ1n) is 8.14.